The molecule has 0 bridgehead atoms. The second-order valence-electron chi connectivity index (χ2n) is 7.62. The third-order valence-electron chi connectivity index (χ3n) is 4.67. The molecule has 0 spiro atoms. The predicted octanol–water partition coefficient (Wildman–Crippen LogP) is 0.844. The van der Waals surface area contributed by atoms with E-state index < -0.39 is 6.04 Å². The molecule has 1 atom stereocenters. The lowest BCUT2D eigenvalue weighted by atomic mass is 9.86. The maximum Gasteiger partial charge on any atom is 0.239 e. The van der Waals surface area contributed by atoms with Crippen LogP contribution < -0.4 is 5.73 Å². The Labute approximate surface area is 130 Å². The Balaban J connectivity index is 2.38. The van der Waals surface area contributed by atoms with Crippen LogP contribution in [0, 0.1) is 5.41 Å². The first-order valence-electron chi connectivity index (χ1n) is 8.02. The SMILES string of the molecule is CN1CCC(N(C)CCN(C)C(=O)[C@@H](N)C(C)(C)C)CC1. The minimum absolute atomic E-state index is 0.0410. The molecule has 1 aliphatic heterocycles. The molecule has 0 aromatic rings. The fourth-order valence-electron chi connectivity index (χ4n) is 2.64. The number of likely N-dealkylation sites (tertiary alicyclic amines) is 1. The van der Waals surface area contributed by atoms with E-state index in [2.05, 4.69) is 23.9 Å². The molecule has 1 aliphatic rings. The van der Waals surface area contributed by atoms with Crippen molar-refractivity contribution in [3.8, 4) is 0 Å². The lowest BCUT2D eigenvalue weighted by Crippen LogP contribution is -2.51. The monoisotopic (exact) mass is 298 g/mol. The Hall–Kier alpha value is -0.650. The summed E-state index contributed by atoms with van der Waals surface area (Å²) >= 11 is 0. The molecule has 21 heavy (non-hydrogen) atoms. The summed E-state index contributed by atoms with van der Waals surface area (Å²) in [5, 5.41) is 0. The molecule has 0 unspecified atom stereocenters. The summed E-state index contributed by atoms with van der Waals surface area (Å²) in [5.74, 6) is 0.0410. The summed E-state index contributed by atoms with van der Waals surface area (Å²) < 4.78 is 0. The van der Waals surface area contributed by atoms with Crippen LogP contribution in [-0.4, -0.2) is 80.0 Å². The highest BCUT2D eigenvalue weighted by Gasteiger charge is 2.30. The van der Waals surface area contributed by atoms with Gasteiger partial charge in [0.2, 0.25) is 5.91 Å². The first-order chi connectivity index (χ1) is 9.62. The summed E-state index contributed by atoms with van der Waals surface area (Å²) in [7, 11) is 6.20. The van der Waals surface area contributed by atoms with Crippen molar-refractivity contribution in [1.29, 1.82) is 0 Å². The zero-order valence-electron chi connectivity index (χ0n) is 14.7. The lowest BCUT2D eigenvalue weighted by molar-refractivity contribution is -0.133. The highest BCUT2D eigenvalue weighted by atomic mass is 16.2. The topological polar surface area (TPSA) is 52.8 Å². The van der Waals surface area contributed by atoms with Crippen LogP contribution in [0.25, 0.3) is 0 Å². The minimum atomic E-state index is -0.434. The maximum atomic E-state index is 12.3. The van der Waals surface area contributed by atoms with Gasteiger partial charge in [-0.25, -0.2) is 0 Å². The van der Waals surface area contributed by atoms with Crippen molar-refractivity contribution in [2.45, 2.75) is 45.7 Å². The third kappa shape index (κ3) is 5.57. The van der Waals surface area contributed by atoms with Crippen molar-refractivity contribution >= 4 is 5.91 Å². The molecule has 124 valence electrons. The van der Waals surface area contributed by atoms with Crippen molar-refractivity contribution in [2.75, 3.05) is 47.3 Å². The van der Waals surface area contributed by atoms with Crippen LogP contribution in [0.4, 0.5) is 0 Å². The molecule has 0 saturated carbocycles. The molecule has 0 aromatic carbocycles. The van der Waals surface area contributed by atoms with Crippen LogP contribution in [0.15, 0.2) is 0 Å². The number of likely N-dealkylation sites (N-methyl/N-ethyl adjacent to an activating group) is 2. The molecule has 1 fully saturated rings. The smallest absolute Gasteiger partial charge is 0.239 e. The van der Waals surface area contributed by atoms with Gasteiger partial charge in [0, 0.05) is 26.2 Å². The van der Waals surface area contributed by atoms with Crippen molar-refractivity contribution < 1.29 is 4.79 Å². The molecule has 1 heterocycles. The molecule has 2 N–H and O–H groups in total. The summed E-state index contributed by atoms with van der Waals surface area (Å²) in [5.41, 5.74) is 5.86. The molecular weight excluding hydrogens is 264 g/mol. The van der Waals surface area contributed by atoms with Gasteiger partial charge in [-0.15, -0.1) is 0 Å². The summed E-state index contributed by atoms with van der Waals surface area (Å²) in [6, 6.07) is 0.206. The average Bonchev–Trinajstić information content (AvgIpc) is 2.42. The van der Waals surface area contributed by atoms with Gasteiger partial charge >= 0.3 is 0 Å². The number of nitrogens with two attached hydrogens (primary N) is 1. The fraction of sp³-hybridized carbons (Fsp3) is 0.938. The number of hydrogen-bond acceptors (Lipinski definition) is 4. The molecule has 5 nitrogen and oxygen atoms in total. The first kappa shape index (κ1) is 18.4. The van der Waals surface area contributed by atoms with Gasteiger partial charge < -0.3 is 20.4 Å². The van der Waals surface area contributed by atoms with Gasteiger partial charge in [0.25, 0.3) is 0 Å². The van der Waals surface area contributed by atoms with Gasteiger partial charge in [0.1, 0.15) is 0 Å². The highest BCUT2D eigenvalue weighted by molar-refractivity contribution is 5.82. The van der Waals surface area contributed by atoms with E-state index in [9.17, 15) is 4.79 Å². The number of carbonyl (C=O) groups is 1. The van der Waals surface area contributed by atoms with Gasteiger partial charge in [-0.1, -0.05) is 20.8 Å². The van der Waals surface area contributed by atoms with E-state index >= 15 is 0 Å². The Morgan fingerprint density at radius 2 is 1.76 bits per heavy atom. The molecule has 1 rings (SSSR count). The van der Waals surface area contributed by atoms with Crippen LogP contribution >= 0.6 is 0 Å². The van der Waals surface area contributed by atoms with Crippen molar-refractivity contribution in [3.63, 3.8) is 0 Å². The quantitative estimate of drug-likeness (QED) is 0.817. The van der Waals surface area contributed by atoms with Crippen LogP contribution in [0.2, 0.25) is 0 Å². The molecule has 1 amide bonds. The standard InChI is InChI=1S/C16H34N4O/c1-16(2,3)14(17)15(21)20(6)12-11-19(5)13-7-9-18(4)10-8-13/h13-14H,7-12,17H2,1-6H3/t14-/m1/s1. The number of carbonyl (C=O) groups excluding carboxylic acids is 1. The number of rotatable bonds is 5. The van der Waals surface area contributed by atoms with Gasteiger partial charge in [-0.3, -0.25) is 4.79 Å². The molecule has 5 heteroatoms. The van der Waals surface area contributed by atoms with E-state index in [4.69, 9.17) is 5.73 Å². The normalized spacial score (nSPS) is 19.8. The Morgan fingerprint density at radius 3 is 2.24 bits per heavy atom. The molecule has 0 radical (unpaired) electrons. The van der Waals surface area contributed by atoms with Crippen LogP contribution in [0.1, 0.15) is 33.6 Å². The van der Waals surface area contributed by atoms with Crippen LogP contribution in [0.3, 0.4) is 0 Å². The summed E-state index contributed by atoms with van der Waals surface area (Å²) in [6.45, 7) is 10.0. The minimum Gasteiger partial charge on any atom is -0.343 e. The zero-order valence-corrected chi connectivity index (χ0v) is 14.7. The third-order valence-corrected chi connectivity index (χ3v) is 4.67. The van der Waals surface area contributed by atoms with E-state index in [0.717, 1.165) is 13.1 Å². The Kier molecular flexibility index (Phi) is 6.63. The predicted molar refractivity (Wildman–Crippen MR) is 88.2 cm³/mol. The average molecular weight is 298 g/mol. The first-order valence-corrected chi connectivity index (χ1v) is 8.02. The van der Waals surface area contributed by atoms with E-state index in [1.165, 1.54) is 25.9 Å². The number of nitrogens with zero attached hydrogens (tertiary/aromatic N) is 3. The van der Waals surface area contributed by atoms with E-state index in [1.807, 2.05) is 27.8 Å². The summed E-state index contributed by atoms with van der Waals surface area (Å²) in [4.78, 5) is 18.8. The van der Waals surface area contributed by atoms with E-state index in [1.54, 1.807) is 4.90 Å². The van der Waals surface area contributed by atoms with Crippen LogP contribution in [-0.2, 0) is 4.79 Å². The number of hydrogen-bond donors (Lipinski definition) is 1. The van der Waals surface area contributed by atoms with Crippen molar-refractivity contribution in [2.24, 2.45) is 11.1 Å². The Bertz CT molecular complexity index is 332. The fourth-order valence-corrected chi connectivity index (χ4v) is 2.64. The molecule has 0 aromatic heterocycles. The molecule has 1 saturated heterocycles. The van der Waals surface area contributed by atoms with E-state index in [0.29, 0.717) is 6.04 Å². The largest absolute Gasteiger partial charge is 0.343 e. The highest BCUT2D eigenvalue weighted by Crippen LogP contribution is 2.19. The van der Waals surface area contributed by atoms with Gasteiger partial charge in [-0.05, 0) is 45.4 Å². The molecular formula is C16H34N4O. The van der Waals surface area contributed by atoms with Crippen LogP contribution in [0.5, 0.6) is 0 Å². The van der Waals surface area contributed by atoms with Gasteiger partial charge in [-0.2, -0.15) is 0 Å². The van der Waals surface area contributed by atoms with Gasteiger partial charge in [0.15, 0.2) is 0 Å². The Morgan fingerprint density at radius 1 is 1.24 bits per heavy atom. The summed E-state index contributed by atoms with van der Waals surface area (Å²) in [6.07, 6.45) is 2.43. The lowest BCUT2D eigenvalue weighted by Gasteiger charge is -2.36. The second-order valence-corrected chi connectivity index (χ2v) is 7.62. The van der Waals surface area contributed by atoms with Gasteiger partial charge in [0.05, 0.1) is 6.04 Å². The second kappa shape index (κ2) is 7.56. The van der Waals surface area contributed by atoms with Crippen molar-refractivity contribution in [3.05, 3.63) is 0 Å². The van der Waals surface area contributed by atoms with Crippen molar-refractivity contribution in [1.82, 2.24) is 14.7 Å². The molecule has 0 aliphatic carbocycles. The maximum absolute atomic E-state index is 12.3. The number of piperidine rings is 1. The number of amides is 1. The van der Waals surface area contributed by atoms with E-state index in [-0.39, 0.29) is 11.3 Å². The zero-order chi connectivity index (χ0) is 16.2.